The summed E-state index contributed by atoms with van der Waals surface area (Å²) < 4.78 is 0. The van der Waals surface area contributed by atoms with Crippen molar-refractivity contribution in [2.75, 3.05) is 11.5 Å². The van der Waals surface area contributed by atoms with Crippen LogP contribution in [0, 0.1) is 0 Å². The molecule has 2 heteroatoms. The summed E-state index contributed by atoms with van der Waals surface area (Å²) in [6.07, 6.45) is 0. The summed E-state index contributed by atoms with van der Waals surface area (Å²) >= 11 is 0. The molecule has 0 saturated heterocycles. The van der Waals surface area contributed by atoms with Gasteiger partial charge in [0, 0.05) is 16.9 Å². The lowest BCUT2D eigenvalue weighted by Gasteiger charge is -2.08. The van der Waals surface area contributed by atoms with Crippen LogP contribution in [-0.2, 0) is 0 Å². The van der Waals surface area contributed by atoms with Crippen LogP contribution >= 0.6 is 0 Å². The molecule has 0 atom stereocenters. The van der Waals surface area contributed by atoms with Crippen LogP contribution in [0.4, 0.5) is 11.4 Å². The molecular weight excluding hydrogens is 316 g/mol. The smallest absolute Gasteiger partial charge is 0.0393 e. The third kappa shape index (κ3) is 3.17. The highest BCUT2D eigenvalue weighted by atomic mass is 14.6. The summed E-state index contributed by atoms with van der Waals surface area (Å²) in [4.78, 5) is 0. The summed E-state index contributed by atoms with van der Waals surface area (Å²) in [5.74, 6) is 0. The second-order valence-corrected chi connectivity index (χ2v) is 6.36. The first-order valence-corrected chi connectivity index (χ1v) is 8.62. The topological polar surface area (TPSA) is 52.0 Å². The van der Waals surface area contributed by atoms with Crippen LogP contribution in [0.2, 0.25) is 0 Å². The Bertz CT molecular complexity index is 1020. The maximum Gasteiger partial charge on any atom is 0.0393 e. The van der Waals surface area contributed by atoms with Crippen molar-refractivity contribution >= 4 is 11.4 Å². The van der Waals surface area contributed by atoms with Gasteiger partial charge in [0.2, 0.25) is 0 Å². The highest BCUT2D eigenvalue weighted by Crippen LogP contribution is 2.29. The average Bonchev–Trinajstić information content (AvgIpc) is 2.69. The van der Waals surface area contributed by atoms with Crippen molar-refractivity contribution < 1.29 is 0 Å². The van der Waals surface area contributed by atoms with Crippen LogP contribution in [0.1, 0.15) is 0 Å². The molecule has 0 unspecified atom stereocenters. The van der Waals surface area contributed by atoms with Gasteiger partial charge in [-0.05, 0) is 46.0 Å². The molecule has 0 spiro atoms. The number of nitrogen functional groups attached to an aromatic ring is 2. The van der Waals surface area contributed by atoms with Gasteiger partial charge in [-0.1, -0.05) is 78.9 Å². The van der Waals surface area contributed by atoms with Crippen molar-refractivity contribution in [1.29, 1.82) is 0 Å². The van der Waals surface area contributed by atoms with Gasteiger partial charge in [0.05, 0.1) is 0 Å². The lowest BCUT2D eigenvalue weighted by Crippen LogP contribution is -1.89. The second kappa shape index (κ2) is 6.77. The Morgan fingerprint density at radius 1 is 0.385 bits per heavy atom. The van der Waals surface area contributed by atoms with Crippen molar-refractivity contribution in [2.24, 2.45) is 0 Å². The van der Waals surface area contributed by atoms with Crippen molar-refractivity contribution in [3.8, 4) is 33.4 Å². The van der Waals surface area contributed by atoms with E-state index in [1.54, 1.807) is 0 Å². The minimum absolute atomic E-state index is 0.782. The lowest BCUT2D eigenvalue weighted by molar-refractivity contribution is 1.57. The van der Waals surface area contributed by atoms with Crippen LogP contribution < -0.4 is 11.5 Å². The van der Waals surface area contributed by atoms with E-state index in [4.69, 9.17) is 11.5 Å². The first kappa shape index (κ1) is 16.0. The SMILES string of the molecule is Nc1ccc(-c2ccc(-c3ccc(-c4ccccc4N)cc3)cc2)cc1. The molecule has 0 radical (unpaired) electrons. The van der Waals surface area contributed by atoms with Crippen molar-refractivity contribution in [2.45, 2.75) is 0 Å². The summed E-state index contributed by atoms with van der Waals surface area (Å²) in [6.45, 7) is 0. The monoisotopic (exact) mass is 336 g/mol. The minimum Gasteiger partial charge on any atom is -0.399 e. The fourth-order valence-electron chi connectivity index (χ4n) is 3.13. The molecule has 0 heterocycles. The zero-order chi connectivity index (χ0) is 17.9. The number of benzene rings is 4. The molecule has 0 saturated carbocycles. The quantitative estimate of drug-likeness (QED) is 0.461. The molecule has 0 fully saturated rings. The summed E-state index contributed by atoms with van der Waals surface area (Å²) in [5, 5.41) is 0. The number of nitrogens with two attached hydrogens (primary N) is 2. The Kier molecular flexibility index (Phi) is 4.16. The predicted octanol–water partition coefficient (Wildman–Crippen LogP) is 5.85. The molecule has 0 amide bonds. The highest BCUT2D eigenvalue weighted by molar-refractivity contribution is 5.78. The van der Waals surface area contributed by atoms with E-state index in [1.807, 2.05) is 48.5 Å². The van der Waals surface area contributed by atoms with Gasteiger partial charge in [-0.2, -0.15) is 0 Å². The fraction of sp³-hybridized carbons (Fsp3) is 0. The Morgan fingerprint density at radius 3 is 1.23 bits per heavy atom. The van der Waals surface area contributed by atoms with E-state index in [0.29, 0.717) is 0 Å². The zero-order valence-electron chi connectivity index (χ0n) is 14.4. The van der Waals surface area contributed by atoms with Crippen LogP contribution in [-0.4, -0.2) is 0 Å². The predicted molar refractivity (Wildman–Crippen MR) is 112 cm³/mol. The van der Waals surface area contributed by atoms with Crippen LogP contribution in [0.3, 0.4) is 0 Å². The van der Waals surface area contributed by atoms with Gasteiger partial charge in [0.25, 0.3) is 0 Å². The van der Waals surface area contributed by atoms with Gasteiger partial charge in [0.15, 0.2) is 0 Å². The molecule has 0 aliphatic rings. The zero-order valence-corrected chi connectivity index (χ0v) is 14.4. The van der Waals surface area contributed by atoms with Crippen molar-refractivity contribution in [3.05, 3.63) is 97.1 Å². The molecular formula is C24H20N2. The summed E-state index contributed by atoms with van der Waals surface area (Å²) in [5.41, 5.74) is 20.3. The van der Waals surface area contributed by atoms with Crippen LogP contribution in [0.25, 0.3) is 33.4 Å². The van der Waals surface area contributed by atoms with E-state index in [2.05, 4.69) is 48.5 Å². The van der Waals surface area contributed by atoms with E-state index in [9.17, 15) is 0 Å². The molecule has 4 N–H and O–H groups in total. The summed E-state index contributed by atoms with van der Waals surface area (Å²) in [6, 6.07) is 33.0. The van der Waals surface area contributed by atoms with Gasteiger partial charge in [-0.25, -0.2) is 0 Å². The molecule has 0 bridgehead atoms. The Balaban J connectivity index is 1.60. The van der Waals surface area contributed by atoms with Gasteiger partial charge in [0.1, 0.15) is 0 Å². The molecule has 4 rings (SSSR count). The minimum atomic E-state index is 0.782. The van der Waals surface area contributed by atoms with Crippen LogP contribution in [0.5, 0.6) is 0 Å². The second-order valence-electron chi connectivity index (χ2n) is 6.36. The highest BCUT2D eigenvalue weighted by Gasteiger charge is 2.04. The van der Waals surface area contributed by atoms with Crippen molar-refractivity contribution in [1.82, 2.24) is 0 Å². The fourth-order valence-corrected chi connectivity index (χ4v) is 3.13. The third-order valence-corrected chi connectivity index (χ3v) is 4.62. The number of anilines is 2. The lowest BCUT2D eigenvalue weighted by atomic mass is 9.97. The van der Waals surface area contributed by atoms with Crippen molar-refractivity contribution in [3.63, 3.8) is 0 Å². The molecule has 0 aromatic heterocycles. The number of hydrogen-bond acceptors (Lipinski definition) is 2. The third-order valence-electron chi connectivity index (χ3n) is 4.62. The van der Waals surface area contributed by atoms with E-state index < -0.39 is 0 Å². The average molecular weight is 336 g/mol. The molecule has 4 aromatic rings. The normalized spacial score (nSPS) is 10.6. The van der Waals surface area contributed by atoms with Gasteiger partial charge < -0.3 is 11.5 Å². The number of para-hydroxylation sites is 1. The molecule has 126 valence electrons. The molecule has 26 heavy (non-hydrogen) atoms. The van der Waals surface area contributed by atoms with E-state index in [-0.39, 0.29) is 0 Å². The first-order chi connectivity index (χ1) is 12.7. The Morgan fingerprint density at radius 2 is 0.769 bits per heavy atom. The standard InChI is InChI=1S/C24H20N2/c25-22-15-13-20(14-16-22)18-7-5-17(6-8-18)19-9-11-21(12-10-19)23-3-1-2-4-24(23)26/h1-16H,25-26H2. The van der Waals surface area contributed by atoms with Gasteiger partial charge in [-0.3, -0.25) is 0 Å². The van der Waals surface area contributed by atoms with E-state index in [1.165, 1.54) is 22.3 Å². The maximum absolute atomic E-state index is 6.08. The van der Waals surface area contributed by atoms with E-state index >= 15 is 0 Å². The molecule has 0 aliphatic carbocycles. The maximum atomic E-state index is 6.08. The molecule has 4 aromatic carbocycles. The largest absolute Gasteiger partial charge is 0.399 e. The number of hydrogen-bond donors (Lipinski definition) is 2. The summed E-state index contributed by atoms with van der Waals surface area (Å²) in [7, 11) is 0. The molecule has 0 aliphatic heterocycles. The first-order valence-electron chi connectivity index (χ1n) is 8.62. The van der Waals surface area contributed by atoms with Gasteiger partial charge in [-0.15, -0.1) is 0 Å². The van der Waals surface area contributed by atoms with E-state index in [0.717, 1.165) is 22.5 Å². The Hall–Kier alpha value is -3.52. The van der Waals surface area contributed by atoms with Crippen LogP contribution in [0.15, 0.2) is 97.1 Å². The number of rotatable bonds is 3. The van der Waals surface area contributed by atoms with Gasteiger partial charge >= 0.3 is 0 Å². The Labute approximate surface area is 153 Å². The molecule has 2 nitrogen and oxygen atoms in total.